The SMILES string of the molecule is Cc1nccc2cc(I)cnc12. The minimum absolute atomic E-state index is 0.990. The maximum absolute atomic E-state index is 4.31. The van der Waals surface area contributed by atoms with E-state index in [9.17, 15) is 0 Å². The fraction of sp³-hybridized carbons (Fsp3) is 0.111. The molecule has 0 saturated heterocycles. The lowest BCUT2D eigenvalue weighted by molar-refractivity contribution is 1.20. The highest BCUT2D eigenvalue weighted by molar-refractivity contribution is 14.1. The van der Waals surface area contributed by atoms with Crippen molar-refractivity contribution >= 4 is 33.5 Å². The Morgan fingerprint density at radius 3 is 3.00 bits per heavy atom. The lowest BCUT2D eigenvalue weighted by Crippen LogP contribution is -1.87. The van der Waals surface area contributed by atoms with Crippen LogP contribution >= 0.6 is 22.6 Å². The second-order valence-corrected chi connectivity index (χ2v) is 3.87. The molecule has 0 fully saturated rings. The molecule has 2 heterocycles. The Morgan fingerprint density at radius 1 is 1.33 bits per heavy atom. The fourth-order valence-corrected chi connectivity index (χ4v) is 1.65. The molecule has 2 rings (SSSR count). The normalized spacial score (nSPS) is 10.5. The Balaban J connectivity index is 2.86. The molecule has 0 aliphatic heterocycles. The molecule has 0 unspecified atom stereocenters. The lowest BCUT2D eigenvalue weighted by atomic mass is 10.2. The molecular formula is C9H7IN2. The van der Waals surface area contributed by atoms with Crippen LogP contribution in [-0.4, -0.2) is 9.97 Å². The van der Waals surface area contributed by atoms with Gasteiger partial charge in [-0.25, -0.2) is 0 Å². The monoisotopic (exact) mass is 270 g/mol. The van der Waals surface area contributed by atoms with Gasteiger partial charge in [0.25, 0.3) is 0 Å². The van der Waals surface area contributed by atoms with Gasteiger partial charge >= 0.3 is 0 Å². The summed E-state index contributed by atoms with van der Waals surface area (Å²) in [5.41, 5.74) is 1.99. The number of aryl methyl sites for hydroxylation is 1. The van der Waals surface area contributed by atoms with E-state index in [1.807, 2.05) is 25.4 Å². The quantitative estimate of drug-likeness (QED) is 0.687. The largest absolute Gasteiger partial charge is 0.259 e. The number of halogens is 1. The average molecular weight is 270 g/mol. The molecule has 0 spiro atoms. The number of fused-ring (bicyclic) bond motifs is 1. The van der Waals surface area contributed by atoms with Crippen LogP contribution < -0.4 is 0 Å². The molecule has 3 heteroatoms. The summed E-state index contributed by atoms with van der Waals surface area (Å²) in [5, 5.41) is 1.16. The van der Waals surface area contributed by atoms with Crippen molar-refractivity contribution in [2.75, 3.05) is 0 Å². The second-order valence-electron chi connectivity index (χ2n) is 2.62. The summed E-state index contributed by atoms with van der Waals surface area (Å²) in [7, 11) is 0. The van der Waals surface area contributed by atoms with Gasteiger partial charge in [0, 0.05) is 21.4 Å². The highest BCUT2D eigenvalue weighted by Gasteiger charge is 1.98. The van der Waals surface area contributed by atoms with Crippen LogP contribution in [0.15, 0.2) is 24.5 Å². The minimum Gasteiger partial charge on any atom is -0.259 e. The first-order valence-corrected chi connectivity index (χ1v) is 4.72. The smallest absolute Gasteiger partial charge is 0.0915 e. The Kier molecular flexibility index (Phi) is 1.96. The van der Waals surface area contributed by atoms with Gasteiger partial charge < -0.3 is 0 Å². The highest BCUT2D eigenvalue weighted by Crippen LogP contribution is 2.15. The van der Waals surface area contributed by atoms with Gasteiger partial charge in [-0.3, -0.25) is 9.97 Å². The average Bonchev–Trinajstić information content (AvgIpc) is 2.04. The Hall–Kier alpha value is -0.710. The molecule has 2 nitrogen and oxygen atoms in total. The van der Waals surface area contributed by atoms with Gasteiger partial charge in [0.05, 0.1) is 11.2 Å². The summed E-state index contributed by atoms with van der Waals surface area (Å²) in [6, 6.07) is 4.09. The topological polar surface area (TPSA) is 25.8 Å². The zero-order chi connectivity index (χ0) is 8.55. The molecule has 0 radical (unpaired) electrons. The van der Waals surface area contributed by atoms with Crippen molar-refractivity contribution in [3.8, 4) is 0 Å². The van der Waals surface area contributed by atoms with Gasteiger partial charge in [-0.05, 0) is 41.6 Å². The molecule has 2 aromatic rings. The summed E-state index contributed by atoms with van der Waals surface area (Å²) in [4.78, 5) is 8.48. The van der Waals surface area contributed by atoms with Crippen LogP contribution in [0.1, 0.15) is 5.69 Å². The maximum atomic E-state index is 4.31. The predicted octanol–water partition coefficient (Wildman–Crippen LogP) is 2.54. The Bertz CT molecular complexity index is 426. The highest BCUT2D eigenvalue weighted by atomic mass is 127. The minimum atomic E-state index is 0.990. The van der Waals surface area contributed by atoms with Crippen LogP contribution in [0.4, 0.5) is 0 Å². The number of nitrogens with zero attached hydrogens (tertiary/aromatic N) is 2. The van der Waals surface area contributed by atoms with Gasteiger partial charge in [-0.2, -0.15) is 0 Å². The number of pyridine rings is 2. The third-order valence-electron chi connectivity index (χ3n) is 1.75. The number of aromatic nitrogens is 2. The first-order valence-electron chi connectivity index (χ1n) is 3.64. The van der Waals surface area contributed by atoms with E-state index < -0.39 is 0 Å². The standard InChI is InChI=1S/C9H7IN2/c1-6-9-7(2-3-11-6)4-8(10)5-12-9/h2-5H,1H3. The first kappa shape index (κ1) is 7.91. The van der Waals surface area contributed by atoms with Crippen molar-refractivity contribution in [3.63, 3.8) is 0 Å². The molecular weight excluding hydrogens is 263 g/mol. The molecule has 60 valence electrons. The molecule has 0 aliphatic rings. The molecule has 0 saturated carbocycles. The summed E-state index contributed by atoms with van der Waals surface area (Å²) in [6.45, 7) is 1.97. The summed E-state index contributed by atoms with van der Waals surface area (Å²) in [5.74, 6) is 0. The summed E-state index contributed by atoms with van der Waals surface area (Å²) < 4.78 is 1.16. The fourth-order valence-electron chi connectivity index (χ4n) is 1.17. The van der Waals surface area contributed by atoms with E-state index in [2.05, 4.69) is 38.6 Å². The van der Waals surface area contributed by atoms with Crippen molar-refractivity contribution in [3.05, 3.63) is 33.8 Å². The number of hydrogen-bond acceptors (Lipinski definition) is 2. The third-order valence-corrected chi connectivity index (χ3v) is 2.34. The van der Waals surface area contributed by atoms with E-state index in [0.29, 0.717) is 0 Å². The van der Waals surface area contributed by atoms with Crippen molar-refractivity contribution < 1.29 is 0 Å². The summed E-state index contributed by atoms with van der Waals surface area (Å²) >= 11 is 2.26. The van der Waals surface area contributed by atoms with Crippen molar-refractivity contribution in [1.82, 2.24) is 9.97 Å². The molecule has 0 aliphatic carbocycles. The zero-order valence-electron chi connectivity index (χ0n) is 6.58. The van der Waals surface area contributed by atoms with Gasteiger partial charge in [0.1, 0.15) is 0 Å². The molecule has 2 aromatic heterocycles. The van der Waals surface area contributed by atoms with Crippen LogP contribution in [0.3, 0.4) is 0 Å². The van der Waals surface area contributed by atoms with Crippen molar-refractivity contribution in [2.45, 2.75) is 6.92 Å². The van der Waals surface area contributed by atoms with Gasteiger partial charge in [-0.1, -0.05) is 0 Å². The molecule has 0 N–H and O–H groups in total. The molecule has 0 amide bonds. The Morgan fingerprint density at radius 2 is 2.17 bits per heavy atom. The summed E-state index contributed by atoms with van der Waals surface area (Å²) in [6.07, 6.45) is 3.67. The number of hydrogen-bond donors (Lipinski definition) is 0. The van der Waals surface area contributed by atoms with Crippen LogP contribution in [0.25, 0.3) is 10.9 Å². The molecule has 0 atom stereocenters. The van der Waals surface area contributed by atoms with Gasteiger partial charge in [-0.15, -0.1) is 0 Å². The lowest BCUT2D eigenvalue weighted by Gasteiger charge is -1.99. The van der Waals surface area contributed by atoms with Gasteiger partial charge in [0.15, 0.2) is 0 Å². The van der Waals surface area contributed by atoms with E-state index in [1.54, 1.807) is 0 Å². The van der Waals surface area contributed by atoms with E-state index in [4.69, 9.17) is 0 Å². The zero-order valence-corrected chi connectivity index (χ0v) is 8.74. The van der Waals surface area contributed by atoms with E-state index in [0.717, 1.165) is 20.2 Å². The predicted molar refractivity (Wildman–Crippen MR) is 57.0 cm³/mol. The van der Waals surface area contributed by atoms with Gasteiger partial charge in [0.2, 0.25) is 0 Å². The third kappa shape index (κ3) is 1.29. The van der Waals surface area contributed by atoms with E-state index >= 15 is 0 Å². The van der Waals surface area contributed by atoms with E-state index in [1.165, 1.54) is 0 Å². The van der Waals surface area contributed by atoms with Crippen LogP contribution in [0.5, 0.6) is 0 Å². The number of rotatable bonds is 0. The molecule has 0 aromatic carbocycles. The molecule has 12 heavy (non-hydrogen) atoms. The second kappa shape index (κ2) is 2.97. The van der Waals surface area contributed by atoms with Crippen LogP contribution in [0, 0.1) is 10.5 Å². The van der Waals surface area contributed by atoms with Crippen molar-refractivity contribution in [1.29, 1.82) is 0 Å². The van der Waals surface area contributed by atoms with Crippen molar-refractivity contribution in [2.24, 2.45) is 0 Å². The van der Waals surface area contributed by atoms with Crippen LogP contribution in [0.2, 0.25) is 0 Å². The molecule has 0 bridgehead atoms. The van der Waals surface area contributed by atoms with E-state index in [-0.39, 0.29) is 0 Å². The Labute approximate surface area is 84.2 Å². The van der Waals surface area contributed by atoms with Crippen LogP contribution in [-0.2, 0) is 0 Å². The first-order chi connectivity index (χ1) is 5.77. The maximum Gasteiger partial charge on any atom is 0.0915 e.